The summed E-state index contributed by atoms with van der Waals surface area (Å²) in [7, 11) is 0. The number of halogens is 1. The molecule has 0 spiro atoms. The molecule has 0 saturated carbocycles. The standard InChI is InChI=1S/C23H24BrN3O3/c24-18-7-8-19-20(13-18)23(30)27(22(19)29)12-9-21(28)25-14-16-3-5-17(6-4-16)15-26-10-1-2-11-26/h3-8,13H,1-2,9-12,14-15H2,(H,25,28). The third kappa shape index (κ3) is 4.63. The first-order chi connectivity index (χ1) is 14.5. The SMILES string of the molecule is O=C(CCN1C(=O)c2ccc(Br)cc2C1=O)NCc1ccc(CN2CCCC2)cc1. The second kappa shape index (κ2) is 9.10. The summed E-state index contributed by atoms with van der Waals surface area (Å²) in [6.45, 7) is 3.82. The van der Waals surface area contributed by atoms with Gasteiger partial charge in [0.1, 0.15) is 0 Å². The van der Waals surface area contributed by atoms with Gasteiger partial charge in [0.2, 0.25) is 5.91 Å². The van der Waals surface area contributed by atoms with Crippen LogP contribution in [-0.4, -0.2) is 47.2 Å². The van der Waals surface area contributed by atoms with Crippen LogP contribution in [0.1, 0.15) is 51.1 Å². The van der Waals surface area contributed by atoms with Crippen molar-refractivity contribution in [1.29, 1.82) is 0 Å². The van der Waals surface area contributed by atoms with Gasteiger partial charge in [-0.25, -0.2) is 0 Å². The summed E-state index contributed by atoms with van der Waals surface area (Å²) >= 11 is 3.31. The molecule has 2 aromatic carbocycles. The molecule has 3 amide bonds. The molecule has 2 aromatic rings. The zero-order valence-electron chi connectivity index (χ0n) is 16.7. The van der Waals surface area contributed by atoms with Crippen LogP contribution in [0.3, 0.4) is 0 Å². The first-order valence-electron chi connectivity index (χ1n) is 10.2. The summed E-state index contributed by atoms with van der Waals surface area (Å²) < 4.78 is 0.744. The largest absolute Gasteiger partial charge is 0.352 e. The van der Waals surface area contributed by atoms with Crippen molar-refractivity contribution in [3.63, 3.8) is 0 Å². The van der Waals surface area contributed by atoms with Crippen LogP contribution >= 0.6 is 15.9 Å². The molecule has 1 N–H and O–H groups in total. The van der Waals surface area contributed by atoms with Gasteiger partial charge in [-0.15, -0.1) is 0 Å². The van der Waals surface area contributed by atoms with Gasteiger partial charge < -0.3 is 5.32 Å². The lowest BCUT2D eigenvalue weighted by atomic mass is 10.1. The topological polar surface area (TPSA) is 69.7 Å². The quantitative estimate of drug-likeness (QED) is 0.631. The molecule has 2 aliphatic rings. The van der Waals surface area contributed by atoms with Crippen molar-refractivity contribution in [2.45, 2.75) is 32.4 Å². The minimum absolute atomic E-state index is 0.0740. The number of hydrogen-bond donors (Lipinski definition) is 1. The van der Waals surface area contributed by atoms with E-state index in [0.29, 0.717) is 17.7 Å². The maximum Gasteiger partial charge on any atom is 0.261 e. The minimum atomic E-state index is -0.349. The lowest BCUT2D eigenvalue weighted by molar-refractivity contribution is -0.121. The zero-order chi connectivity index (χ0) is 21.1. The van der Waals surface area contributed by atoms with Crippen molar-refractivity contribution >= 4 is 33.7 Å². The number of carbonyl (C=O) groups is 3. The Bertz CT molecular complexity index is 968. The predicted octanol–water partition coefficient (Wildman–Crippen LogP) is 3.35. The maximum absolute atomic E-state index is 12.5. The van der Waals surface area contributed by atoms with Crippen LogP contribution in [0.4, 0.5) is 0 Å². The molecule has 2 aliphatic heterocycles. The Balaban J connectivity index is 1.24. The fraction of sp³-hybridized carbons (Fsp3) is 0.348. The Kier molecular flexibility index (Phi) is 6.29. The van der Waals surface area contributed by atoms with Gasteiger partial charge >= 0.3 is 0 Å². The Morgan fingerprint density at radius 3 is 2.33 bits per heavy atom. The number of nitrogens with one attached hydrogen (secondary N) is 1. The van der Waals surface area contributed by atoms with E-state index in [9.17, 15) is 14.4 Å². The molecule has 156 valence electrons. The van der Waals surface area contributed by atoms with E-state index in [4.69, 9.17) is 0 Å². The molecule has 0 aliphatic carbocycles. The molecule has 0 bridgehead atoms. The highest BCUT2D eigenvalue weighted by Gasteiger charge is 2.35. The summed E-state index contributed by atoms with van der Waals surface area (Å²) in [6.07, 6.45) is 2.64. The van der Waals surface area contributed by atoms with Crippen LogP contribution in [0.15, 0.2) is 46.9 Å². The van der Waals surface area contributed by atoms with Gasteiger partial charge in [0.05, 0.1) is 11.1 Å². The molecule has 2 heterocycles. The molecule has 1 fully saturated rings. The monoisotopic (exact) mass is 469 g/mol. The molecular formula is C23H24BrN3O3. The van der Waals surface area contributed by atoms with E-state index < -0.39 is 0 Å². The third-order valence-electron chi connectivity index (χ3n) is 5.61. The van der Waals surface area contributed by atoms with Crippen molar-refractivity contribution in [3.8, 4) is 0 Å². The van der Waals surface area contributed by atoms with Crippen molar-refractivity contribution in [1.82, 2.24) is 15.1 Å². The van der Waals surface area contributed by atoms with Crippen LogP contribution in [0.25, 0.3) is 0 Å². The van der Waals surface area contributed by atoms with Crippen LogP contribution in [0.2, 0.25) is 0 Å². The third-order valence-corrected chi connectivity index (χ3v) is 6.11. The zero-order valence-corrected chi connectivity index (χ0v) is 18.3. The fourth-order valence-electron chi connectivity index (χ4n) is 3.93. The first-order valence-corrected chi connectivity index (χ1v) is 11.0. The van der Waals surface area contributed by atoms with Gasteiger partial charge in [0, 0.05) is 30.5 Å². The van der Waals surface area contributed by atoms with Crippen molar-refractivity contribution in [2.24, 2.45) is 0 Å². The van der Waals surface area contributed by atoms with E-state index in [1.54, 1.807) is 18.2 Å². The van der Waals surface area contributed by atoms with Crippen LogP contribution < -0.4 is 5.32 Å². The van der Waals surface area contributed by atoms with E-state index in [-0.39, 0.29) is 30.7 Å². The molecule has 0 atom stereocenters. The maximum atomic E-state index is 12.5. The fourth-order valence-corrected chi connectivity index (χ4v) is 4.29. The molecule has 0 unspecified atom stereocenters. The number of rotatable bonds is 7. The molecule has 1 saturated heterocycles. The molecule has 7 heteroatoms. The molecular weight excluding hydrogens is 446 g/mol. The van der Waals surface area contributed by atoms with Gasteiger partial charge in [0.25, 0.3) is 11.8 Å². The van der Waals surface area contributed by atoms with Gasteiger partial charge in [-0.3, -0.25) is 24.2 Å². The van der Waals surface area contributed by atoms with E-state index >= 15 is 0 Å². The van der Waals surface area contributed by atoms with Crippen LogP contribution in [0.5, 0.6) is 0 Å². The second-order valence-corrected chi connectivity index (χ2v) is 8.69. The first kappa shape index (κ1) is 20.8. The summed E-state index contributed by atoms with van der Waals surface area (Å²) in [5, 5.41) is 2.87. The van der Waals surface area contributed by atoms with Crippen LogP contribution in [-0.2, 0) is 17.9 Å². The number of benzene rings is 2. The van der Waals surface area contributed by atoms with Gasteiger partial charge in [-0.2, -0.15) is 0 Å². The number of nitrogens with zero attached hydrogens (tertiary/aromatic N) is 2. The van der Waals surface area contributed by atoms with Gasteiger partial charge in [0.15, 0.2) is 0 Å². The van der Waals surface area contributed by atoms with Crippen molar-refractivity contribution < 1.29 is 14.4 Å². The number of amides is 3. The van der Waals surface area contributed by atoms with Crippen molar-refractivity contribution in [3.05, 3.63) is 69.2 Å². The summed E-state index contributed by atoms with van der Waals surface area (Å²) in [6, 6.07) is 13.3. The smallest absolute Gasteiger partial charge is 0.261 e. The van der Waals surface area contributed by atoms with E-state index in [1.807, 2.05) is 12.1 Å². The number of hydrogen-bond acceptors (Lipinski definition) is 4. The molecule has 6 nitrogen and oxygen atoms in total. The molecule has 30 heavy (non-hydrogen) atoms. The van der Waals surface area contributed by atoms with E-state index in [0.717, 1.165) is 21.5 Å². The van der Waals surface area contributed by atoms with Crippen LogP contribution in [0, 0.1) is 0 Å². The highest BCUT2D eigenvalue weighted by atomic mass is 79.9. The molecule has 0 radical (unpaired) electrons. The number of fused-ring (bicyclic) bond motifs is 1. The highest BCUT2D eigenvalue weighted by Crippen LogP contribution is 2.26. The lowest BCUT2D eigenvalue weighted by Gasteiger charge is -2.15. The van der Waals surface area contributed by atoms with Crippen molar-refractivity contribution in [2.75, 3.05) is 19.6 Å². The minimum Gasteiger partial charge on any atom is -0.352 e. The number of carbonyl (C=O) groups excluding carboxylic acids is 3. The predicted molar refractivity (Wildman–Crippen MR) is 117 cm³/mol. The summed E-state index contributed by atoms with van der Waals surface area (Å²) in [5.41, 5.74) is 3.07. The normalized spacial score (nSPS) is 16.2. The van der Waals surface area contributed by atoms with E-state index in [2.05, 4.69) is 38.3 Å². The highest BCUT2D eigenvalue weighted by molar-refractivity contribution is 9.10. The number of imide groups is 1. The van der Waals surface area contributed by atoms with Gasteiger partial charge in [-0.1, -0.05) is 40.2 Å². The summed E-state index contributed by atoms with van der Waals surface area (Å²) in [5.74, 6) is -0.879. The van der Waals surface area contributed by atoms with E-state index in [1.165, 1.54) is 31.5 Å². The second-order valence-electron chi connectivity index (χ2n) is 7.78. The number of likely N-dealkylation sites (tertiary alicyclic amines) is 1. The molecule has 4 rings (SSSR count). The average Bonchev–Trinajstić information content (AvgIpc) is 3.33. The average molecular weight is 470 g/mol. The Hall–Kier alpha value is -2.51. The Labute approximate surface area is 184 Å². The lowest BCUT2D eigenvalue weighted by Crippen LogP contribution is -2.34. The molecule has 0 aromatic heterocycles. The van der Waals surface area contributed by atoms with Gasteiger partial charge in [-0.05, 0) is 55.3 Å². The Morgan fingerprint density at radius 1 is 0.933 bits per heavy atom. The Morgan fingerprint density at radius 2 is 1.60 bits per heavy atom. The summed E-state index contributed by atoms with van der Waals surface area (Å²) in [4.78, 5) is 40.7.